The Labute approximate surface area is 133 Å². The lowest BCUT2D eigenvalue weighted by Gasteiger charge is -2.15. The van der Waals surface area contributed by atoms with Crippen molar-refractivity contribution in [1.29, 1.82) is 0 Å². The lowest BCUT2D eigenvalue weighted by molar-refractivity contribution is 0.0929. The van der Waals surface area contributed by atoms with Gasteiger partial charge in [-0.2, -0.15) is 0 Å². The Morgan fingerprint density at radius 2 is 2.00 bits per heavy atom. The van der Waals surface area contributed by atoms with Crippen LogP contribution in [-0.2, 0) is 14.8 Å². The quantitative estimate of drug-likeness (QED) is 0.813. The van der Waals surface area contributed by atoms with Crippen molar-refractivity contribution in [3.8, 4) is 0 Å². The first-order valence-corrected chi connectivity index (χ1v) is 8.28. The first-order chi connectivity index (χ1) is 9.66. The number of halogens is 2. The molecule has 0 radical (unpaired) electrons. The van der Waals surface area contributed by atoms with E-state index in [0.29, 0.717) is 13.0 Å². The van der Waals surface area contributed by atoms with Crippen LogP contribution >= 0.6 is 23.2 Å². The normalized spacial score (nSPS) is 13.0. The lowest BCUT2D eigenvalue weighted by atomic mass is 10.2. The highest BCUT2D eigenvalue weighted by Gasteiger charge is 2.20. The van der Waals surface area contributed by atoms with Crippen LogP contribution in [0.4, 0.5) is 0 Å². The van der Waals surface area contributed by atoms with Gasteiger partial charge in [-0.1, -0.05) is 23.2 Å². The SMILES string of the molecule is COCCC(C)NC(=O)c1cc(S(N)(=O)=O)c(Cl)cc1Cl. The van der Waals surface area contributed by atoms with Crippen LogP contribution in [0.15, 0.2) is 17.0 Å². The standard InChI is InChI=1S/C12H16Cl2N2O4S/c1-7(3-4-20-2)16-12(17)8-5-11(21(15,18)19)10(14)6-9(8)13/h5-7H,3-4H2,1-2H3,(H,16,17)(H2,15,18,19). The summed E-state index contributed by atoms with van der Waals surface area (Å²) in [4.78, 5) is 11.8. The van der Waals surface area contributed by atoms with Crippen LogP contribution in [0.2, 0.25) is 10.0 Å². The summed E-state index contributed by atoms with van der Waals surface area (Å²) in [5, 5.41) is 7.64. The van der Waals surface area contributed by atoms with Gasteiger partial charge in [0.1, 0.15) is 4.90 Å². The zero-order valence-electron chi connectivity index (χ0n) is 11.5. The number of nitrogens with two attached hydrogens (primary N) is 1. The maximum absolute atomic E-state index is 12.1. The number of carbonyl (C=O) groups is 1. The van der Waals surface area contributed by atoms with E-state index in [1.165, 1.54) is 6.07 Å². The molecule has 1 aromatic rings. The van der Waals surface area contributed by atoms with Crippen LogP contribution in [0.3, 0.4) is 0 Å². The molecule has 0 saturated carbocycles. The van der Waals surface area contributed by atoms with Gasteiger partial charge in [0, 0.05) is 19.8 Å². The zero-order valence-corrected chi connectivity index (χ0v) is 13.8. The lowest BCUT2D eigenvalue weighted by Crippen LogP contribution is -2.33. The summed E-state index contributed by atoms with van der Waals surface area (Å²) in [6.45, 7) is 2.28. The first-order valence-electron chi connectivity index (χ1n) is 5.98. The summed E-state index contributed by atoms with van der Waals surface area (Å²) < 4.78 is 27.7. The van der Waals surface area contributed by atoms with E-state index in [4.69, 9.17) is 33.1 Å². The number of nitrogens with one attached hydrogen (secondary N) is 1. The van der Waals surface area contributed by atoms with Gasteiger partial charge in [0.05, 0.1) is 15.6 Å². The van der Waals surface area contributed by atoms with Crippen molar-refractivity contribution in [2.45, 2.75) is 24.3 Å². The number of rotatable bonds is 6. The number of sulfonamides is 1. The van der Waals surface area contributed by atoms with Crippen molar-refractivity contribution in [2.75, 3.05) is 13.7 Å². The third-order valence-electron chi connectivity index (χ3n) is 2.71. The Hall–Kier alpha value is -0.860. The Morgan fingerprint density at radius 3 is 2.52 bits per heavy atom. The Kier molecular flexibility index (Phi) is 6.42. The zero-order chi connectivity index (χ0) is 16.2. The van der Waals surface area contributed by atoms with Gasteiger partial charge in [-0.15, -0.1) is 0 Å². The molecule has 1 rings (SSSR count). The molecule has 0 aromatic heterocycles. The Bertz CT molecular complexity index is 634. The third kappa shape index (κ3) is 5.12. The second kappa shape index (κ2) is 7.42. The predicted octanol–water partition coefficient (Wildman–Crippen LogP) is 1.80. The molecular weight excluding hydrogens is 339 g/mol. The molecule has 0 spiro atoms. The third-order valence-corrected chi connectivity index (χ3v) is 4.39. The van der Waals surface area contributed by atoms with Crippen molar-refractivity contribution in [1.82, 2.24) is 5.32 Å². The monoisotopic (exact) mass is 354 g/mol. The molecule has 0 saturated heterocycles. The maximum Gasteiger partial charge on any atom is 0.253 e. The molecule has 0 aliphatic heterocycles. The van der Waals surface area contributed by atoms with E-state index < -0.39 is 15.9 Å². The summed E-state index contributed by atoms with van der Waals surface area (Å²) in [6, 6.07) is 2.08. The van der Waals surface area contributed by atoms with Gasteiger partial charge in [0.25, 0.3) is 5.91 Å². The number of hydrogen-bond acceptors (Lipinski definition) is 4. The van der Waals surface area contributed by atoms with E-state index in [1.807, 2.05) is 0 Å². The minimum absolute atomic E-state index is 0.00522. The molecule has 1 atom stereocenters. The molecule has 6 nitrogen and oxygen atoms in total. The fourth-order valence-corrected chi connectivity index (χ4v) is 2.99. The maximum atomic E-state index is 12.1. The summed E-state index contributed by atoms with van der Waals surface area (Å²) in [5.74, 6) is -0.509. The van der Waals surface area contributed by atoms with Crippen molar-refractivity contribution >= 4 is 39.1 Å². The number of benzene rings is 1. The second-order valence-corrected chi connectivity index (χ2v) is 6.81. The molecular formula is C12H16Cl2N2O4S. The van der Waals surface area contributed by atoms with Crippen LogP contribution in [0.1, 0.15) is 23.7 Å². The van der Waals surface area contributed by atoms with Gasteiger partial charge in [-0.25, -0.2) is 13.6 Å². The number of primary sulfonamides is 1. The van der Waals surface area contributed by atoms with E-state index in [0.717, 1.165) is 6.07 Å². The predicted molar refractivity (Wildman–Crippen MR) is 81.3 cm³/mol. The van der Waals surface area contributed by atoms with Crippen LogP contribution < -0.4 is 10.5 Å². The highest BCUT2D eigenvalue weighted by atomic mass is 35.5. The fraction of sp³-hybridized carbons (Fsp3) is 0.417. The molecule has 0 heterocycles. The molecule has 0 fully saturated rings. The van der Waals surface area contributed by atoms with Gasteiger partial charge in [0.15, 0.2) is 0 Å². The number of amides is 1. The molecule has 9 heteroatoms. The molecule has 1 aromatic carbocycles. The minimum atomic E-state index is -4.04. The van der Waals surface area contributed by atoms with Crippen molar-refractivity contribution in [3.05, 3.63) is 27.7 Å². The average Bonchev–Trinajstić information content (AvgIpc) is 2.34. The molecule has 118 valence electrons. The molecule has 1 amide bonds. The van der Waals surface area contributed by atoms with E-state index >= 15 is 0 Å². The summed E-state index contributed by atoms with van der Waals surface area (Å²) in [5.41, 5.74) is -0.00522. The second-order valence-electron chi connectivity index (χ2n) is 4.46. The van der Waals surface area contributed by atoms with Crippen molar-refractivity contribution in [2.24, 2.45) is 5.14 Å². The van der Waals surface area contributed by atoms with E-state index in [-0.39, 0.29) is 26.5 Å². The van der Waals surface area contributed by atoms with E-state index in [1.54, 1.807) is 14.0 Å². The van der Waals surface area contributed by atoms with Crippen LogP contribution in [0.5, 0.6) is 0 Å². The highest BCUT2D eigenvalue weighted by molar-refractivity contribution is 7.89. The molecule has 21 heavy (non-hydrogen) atoms. The Morgan fingerprint density at radius 1 is 1.38 bits per heavy atom. The van der Waals surface area contributed by atoms with Crippen molar-refractivity contribution in [3.63, 3.8) is 0 Å². The average molecular weight is 355 g/mol. The van der Waals surface area contributed by atoms with Gasteiger partial charge in [-0.3, -0.25) is 4.79 Å². The summed E-state index contributed by atoms with van der Waals surface area (Å²) in [6.07, 6.45) is 0.607. The van der Waals surface area contributed by atoms with Gasteiger partial charge in [0.2, 0.25) is 10.0 Å². The molecule has 0 aliphatic carbocycles. The largest absolute Gasteiger partial charge is 0.385 e. The first kappa shape index (κ1) is 18.2. The van der Waals surface area contributed by atoms with Crippen LogP contribution in [0, 0.1) is 0 Å². The molecule has 0 aliphatic rings. The molecule has 1 unspecified atom stereocenters. The number of methoxy groups -OCH3 is 1. The van der Waals surface area contributed by atoms with E-state index in [9.17, 15) is 13.2 Å². The molecule has 3 N–H and O–H groups in total. The van der Waals surface area contributed by atoms with Crippen LogP contribution in [-0.4, -0.2) is 34.1 Å². The molecule has 0 bridgehead atoms. The van der Waals surface area contributed by atoms with Gasteiger partial charge >= 0.3 is 0 Å². The number of carbonyl (C=O) groups excluding carboxylic acids is 1. The Balaban J connectivity index is 3.05. The number of hydrogen-bond donors (Lipinski definition) is 2. The topological polar surface area (TPSA) is 98.5 Å². The van der Waals surface area contributed by atoms with E-state index in [2.05, 4.69) is 5.32 Å². The van der Waals surface area contributed by atoms with Gasteiger partial charge in [-0.05, 0) is 25.5 Å². The van der Waals surface area contributed by atoms with Crippen molar-refractivity contribution < 1.29 is 17.9 Å². The fourth-order valence-electron chi connectivity index (χ4n) is 1.59. The summed E-state index contributed by atoms with van der Waals surface area (Å²) >= 11 is 11.7. The number of ether oxygens (including phenoxy) is 1. The summed E-state index contributed by atoms with van der Waals surface area (Å²) in [7, 11) is -2.48. The smallest absolute Gasteiger partial charge is 0.253 e. The van der Waals surface area contributed by atoms with Gasteiger partial charge < -0.3 is 10.1 Å². The minimum Gasteiger partial charge on any atom is -0.385 e. The van der Waals surface area contributed by atoms with Crippen LogP contribution in [0.25, 0.3) is 0 Å². The highest BCUT2D eigenvalue weighted by Crippen LogP contribution is 2.28.